The van der Waals surface area contributed by atoms with Gasteiger partial charge in [-0.15, -0.1) is 0 Å². The number of nitrogens with one attached hydrogen (secondary N) is 1. The van der Waals surface area contributed by atoms with Crippen molar-refractivity contribution in [2.24, 2.45) is 5.92 Å². The van der Waals surface area contributed by atoms with Gasteiger partial charge in [-0.05, 0) is 49.9 Å². The van der Waals surface area contributed by atoms with Gasteiger partial charge < -0.3 is 10.2 Å². The SMILES string of the molecule is CCC1CCN(c2ncc(CNC)cc2C)CC1. The number of hydrogen-bond acceptors (Lipinski definition) is 3. The maximum Gasteiger partial charge on any atom is 0.131 e. The normalized spacial score (nSPS) is 17.2. The summed E-state index contributed by atoms with van der Waals surface area (Å²) in [6, 6.07) is 2.25. The molecule has 0 saturated carbocycles. The Morgan fingerprint density at radius 2 is 2.11 bits per heavy atom. The van der Waals surface area contributed by atoms with E-state index in [0.29, 0.717) is 0 Å². The Bertz CT molecular complexity index is 381. The second-order valence-electron chi connectivity index (χ2n) is 5.35. The molecule has 1 aliphatic heterocycles. The number of rotatable bonds is 4. The van der Waals surface area contributed by atoms with Crippen molar-refractivity contribution < 1.29 is 0 Å². The van der Waals surface area contributed by atoms with Gasteiger partial charge in [0.15, 0.2) is 0 Å². The van der Waals surface area contributed by atoms with Crippen molar-refractivity contribution in [2.45, 2.75) is 39.7 Å². The van der Waals surface area contributed by atoms with E-state index >= 15 is 0 Å². The predicted octanol–water partition coefficient (Wildman–Crippen LogP) is 2.74. The zero-order chi connectivity index (χ0) is 13.0. The number of hydrogen-bond donors (Lipinski definition) is 1. The fourth-order valence-corrected chi connectivity index (χ4v) is 2.81. The van der Waals surface area contributed by atoms with Crippen molar-refractivity contribution in [3.8, 4) is 0 Å². The minimum atomic E-state index is 0.895. The van der Waals surface area contributed by atoms with Crippen LogP contribution in [-0.4, -0.2) is 25.1 Å². The molecule has 0 bridgehead atoms. The molecule has 0 radical (unpaired) electrons. The Kier molecular flexibility index (Phi) is 4.59. The monoisotopic (exact) mass is 247 g/mol. The number of aromatic nitrogens is 1. The second kappa shape index (κ2) is 6.19. The predicted molar refractivity (Wildman–Crippen MR) is 77.0 cm³/mol. The summed E-state index contributed by atoms with van der Waals surface area (Å²) < 4.78 is 0. The van der Waals surface area contributed by atoms with E-state index in [1.165, 1.54) is 36.2 Å². The number of nitrogens with zero attached hydrogens (tertiary/aromatic N) is 2. The average Bonchev–Trinajstić information content (AvgIpc) is 2.40. The third kappa shape index (κ3) is 3.02. The van der Waals surface area contributed by atoms with Crippen LogP contribution < -0.4 is 10.2 Å². The first-order chi connectivity index (χ1) is 8.74. The van der Waals surface area contributed by atoms with Crippen LogP contribution in [0.15, 0.2) is 12.3 Å². The van der Waals surface area contributed by atoms with Gasteiger partial charge in [-0.2, -0.15) is 0 Å². The zero-order valence-corrected chi connectivity index (χ0v) is 11.9. The van der Waals surface area contributed by atoms with E-state index in [9.17, 15) is 0 Å². The molecule has 1 aromatic rings. The van der Waals surface area contributed by atoms with Crippen LogP contribution in [-0.2, 0) is 6.54 Å². The van der Waals surface area contributed by atoms with Crippen molar-refractivity contribution in [1.82, 2.24) is 10.3 Å². The lowest BCUT2D eigenvalue weighted by molar-refractivity contribution is 0.393. The highest BCUT2D eigenvalue weighted by Gasteiger charge is 2.19. The molecule has 1 N–H and O–H groups in total. The van der Waals surface area contributed by atoms with E-state index in [4.69, 9.17) is 0 Å². The fraction of sp³-hybridized carbons (Fsp3) is 0.667. The lowest BCUT2D eigenvalue weighted by atomic mass is 9.94. The lowest BCUT2D eigenvalue weighted by Gasteiger charge is -2.33. The van der Waals surface area contributed by atoms with Gasteiger partial charge >= 0.3 is 0 Å². The quantitative estimate of drug-likeness (QED) is 0.886. The van der Waals surface area contributed by atoms with Gasteiger partial charge in [0.1, 0.15) is 5.82 Å². The molecule has 1 saturated heterocycles. The van der Waals surface area contributed by atoms with E-state index < -0.39 is 0 Å². The number of anilines is 1. The van der Waals surface area contributed by atoms with Crippen molar-refractivity contribution in [3.63, 3.8) is 0 Å². The molecule has 1 aliphatic rings. The summed E-state index contributed by atoms with van der Waals surface area (Å²) in [5.41, 5.74) is 2.57. The molecule has 1 fully saturated rings. The smallest absolute Gasteiger partial charge is 0.131 e. The van der Waals surface area contributed by atoms with E-state index in [1.54, 1.807) is 0 Å². The molecule has 0 atom stereocenters. The molecule has 0 unspecified atom stereocenters. The van der Waals surface area contributed by atoms with Gasteiger partial charge in [0, 0.05) is 25.8 Å². The minimum absolute atomic E-state index is 0.895. The summed E-state index contributed by atoms with van der Waals surface area (Å²) in [7, 11) is 1.97. The van der Waals surface area contributed by atoms with Crippen LogP contribution in [0.3, 0.4) is 0 Å². The van der Waals surface area contributed by atoms with Crippen LogP contribution in [0.4, 0.5) is 5.82 Å². The van der Waals surface area contributed by atoms with E-state index in [0.717, 1.165) is 25.6 Å². The van der Waals surface area contributed by atoms with Gasteiger partial charge in [-0.3, -0.25) is 0 Å². The number of pyridine rings is 1. The van der Waals surface area contributed by atoms with Crippen LogP contribution in [0.2, 0.25) is 0 Å². The van der Waals surface area contributed by atoms with Crippen molar-refractivity contribution in [2.75, 3.05) is 25.0 Å². The maximum absolute atomic E-state index is 4.66. The molecular weight excluding hydrogens is 222 g/mol. The summed E-state index contributed by atoms with van der Waals surface area (Å²) in [6.45, 7) is 7.70. The Hall–Kier alpha value is -1.09. The number of aryl methyl sites for hydroxylation is 1. The molecule has 3 nitrogen and oxygen atoms in total. The first-order valence-electron chi connectivity index (χ1n) is 7.09. The highest BCUT2D eigenvalue weighted by molar-refractivity contribution is 5.47. The molecule has 3 heteroatoms. The largest absolute Gasteiger partial charge is 0.356 e. The zero-order valence-electron chi connectivity index (χ0n) is 11.9. The van der Waals surface area contributed by atoms with Crippen LogP contribution in [0, 0.1) is 12.8 Å². The molecular formula is C15H25N3. The molecule has 0 spiro atoms. The first kappa shape index (κ1) is 13.3. The van der Waals surface area contributed by atoms with Crippen LogP contribution in [0.1, 0.15) is 37.3 Å². The van der Waals surface area contributed by atoms with Crippen molar-refractivity contribution >= 4 is 5.82 Å². The van der Waals surface area contributed by atoms with E-state index in [-0.39, 0.29) is 0 Å². The molecule has 0 amide bonds. The summed E-state index contributed by atoms with van der Waals surface area (Å²) in [5.74, 6) is 2.11. The molecule has 1 aromatic heterocycles. The molecule has 2 rings (SSSR count). The average molecular weight is 247 g/mol. The molecule has 0 aromatic carbocycles. The van der Waals surface area contributed by atoms with Gasteiger partial charge in [0.05, 0.1) is 0 Å². The Balaban J connectivity index is 2.05. The lowest BCUT2D eigenvalue weighted by Crippen LogP contribution is -2.34. The molecule has 0 aliphatic carbocycles. The van der Waals surface area contributed by atoms with Gasteiger partial charge in [-0.1, -0.05) is 13.3 Å². The Morgan fingerprint density at radius 3 is 2.67 bits per heavy atom. The summed E-state index contributed by atoms with van der Waals surface area (Å²) in [6.07, 6.45) is 5.96. The molecule has 2 heterocycles. The van der Waals surface area contributed by atoms with Crippen LogP contribution in [0.25, 0.3) is 0 Å². The van der Waals surface area contributed by atoms with E-state index in [2.05, 4.69) is 35.1 Å². The Labute approximate surface area is 111 Å². The summed E-state index contributed by atoms with van der Waals surface area (Å²) in [5, 5.41) is 3.17. The third-order valence-electron chi connectivity index (χ3n) is 3.98. The maximum atomic E-state index is 4.66. The summed E-state index contributed by atoms with van der Waals surface area (Å²) in [4.78, 5) is 7.11. The van der Waals surface area contributed by atoms with Crippen LogP contribution >= 0.6 is 0 Å². The molecule has 18 heavy (non-hydrogen) atoms. The highest BCUT2D eigenvalue weighted by atomic mass is 15.2. The third-order valence-corrected chi connectivity index (χ3v) is 3.98. The van der Waals surface area contributed by atoms with Gasteiger partial charge in [0.2, 0.25) is 0 Å². The van der Waals surface area contributed by atoms with E-state index in [1.807, 2.05) is 13.2 Å². The topological polar surface area (TPSA) is 28.2 Å². The summed E-state index contributed by atoms with van der Waals surface area (Å²) >= 11 is 0. The Morgan fingerprint density at radius 1 is 1.39 bits per heavy atom. The highest BCUT2D eigenvalue weighted by Crippen LogP contribution is 2.26. The number of piperidine rings is 1. The van der Waals surface area contributed by atoms with Gasteiger partial charge in [0.25, 0.3) is 0 Å². The van der Waals surface area contributed by atoms with Crippen molar-refractivity contribution in [1.29, 1.82) is 0 Å². The van der Waals surface area contributed by atoms with Crippen LogP contribution in [0.5, 0.6) is 0 Å². The van der Waals surface area contributed by atoms with Gasteiger partial charge in [-0.25, -0.2) is 4.98 Å². The minimum Gasteiger partial charge on any atom is -0.356 e. The first-order valence-corrected chi connectivity index (χ1v) is 7.09. The fourth-order valence-electron chi connectivity index (χ4n) is 2.81. The molecule has 100 valence electrons. The standard InChI is InChI=1S/C15H25N3/c1-4-13-5-7-18(8-6-13)15-12(2)9-14(10-16-3)11-17-15/h9,11,13,16H,4-8,10H2,1-3H3. The second-order valence-corrected chi connectivity index (χ2v) is 5.35. The van der Waals surface area contributed by atoms with Crippen molar-refractivity contribution in [3.05, 3.63) is 23.4 Å².